The van der Waals surface area contributed by atoms with Crippen LogP contribution < -0.4 is 21.4 Å². The van der Waals surface area contributed by atoms with Gasteiger partial charge in [-0.05, 0) is 171 Å². The number of amides is 1. The molecule has 4 aliphatic heterocycles. The van der Waals surface area contributed by atoms with Gasteiger partial charge in [0.2, 0.25) is 12.2 Å². The first-order valence-corrected chi connectivity index (χ1v) is 35.7. The molecule has 0 bridgehead atoms. The number of anilines is 1. The Morgan fingerprint density at radius 1 is 0.752 bits per heavy atom. The molecule has 4 saturated carbocycles. The van der Waals surface area contributed by atoms with Crippen molar-refractivity contribution in [1.82, 2.24) is 10.6 Å². The van der Waals surface area contributed by atoms with Crippen LogP contribution in [-0.4, -0.2) is 203 Å². The zero-order chi connectivity index (χ0) is 72.8. The first kappa shape index (κ1) is 74.6. The minimum atomic E-state index is -2.00. The summed E-state index contributed by atoms with van der Waals surface area (Å²) in [7, 11) is 0. The molecule has 10 aliphatic rings. The second-order valence-corrected chi connectivity index (χ2v) is 31.9. The average molecular weight is 1430 g/mol. The van der Waals surface area contributed by atoms with E-state index in [-0.39, 0.29) is 75.1 Å². The lowest BCUT2D eigenvalue weighted by molar-refractivity contribution is -0.370. The van der Waals surface area contributed by atoms with E-state index >= 15 is 4.79 Å². The van der Waals surface area contributed by atoms with E-state index in [9.17, 15) is 75.3 Å². The predicted octanol–water partition coefficient (Wildman–Crippen LogP) is 4.91. The minimum Gasteiger partial charge on any atom is -0.508 e. The summed E-state index contributed by atoms with van der Waals surface area (Å²) in [6.07, 6.45) is -14.9. The molecule has 11 unspecified atom stereocenters. The monoisotopic (exact) mass is 1430 g/mol. The highest BCUT2D eigenvalue weighted by molar-refractivity contribution is 7.80. The molecular weight excluding hydrogens is 1330 g/mol. The van der Waals surface area contributed by atoms with E-state index < -0.39 is 157 Å². The number of benzene rings is 3. The summed E-state index contributed by atoms with van der Waals surface area (Å²) in [4.78, 5) is 67.9. The summed E-state index contributed by atoms with van der Waals surface area (Å²) >= 11 is 5.58. The molecule has 101 heavy (non-hydrogen) atoms. The van der Waals surface area contributed by atoms with Crippen LogP contribution in [-0.2, 0) is 42.8 Å². The highest BCUT2D eigenvalue weighted by Crippen LogP contribution is 2.76. The van der Waals surface area contributed by atoms with Crippen LogP contribution >= 0.6 is 12.2 Å². The van der Waals surface area contributed by atoms with E-state index in [1.54, 1.807) is 24.3 Å². The Bertz CT molecular complexity index is 3850. The predicted molar refractivity (Wildman–Crippen MR) is 366 cm³/mol. The molecule has 0 aromatic heterocycles. The largest absolute Gasteiger partial charge is 0.508 e. The van der Waals surface area contributed by atoms with Crippen LogP contribution in [0, 0.1) is 50.2 Å². The summed E-state index contributed by atoms with van der Waals surface area (Å²) in [5, 5.41) is 133. The molecule has 12 rings (SSSR count). The van der Waals surface area contributed by atoms with E-state index in [4.69, 9.17) is 45.1 Å². The molecule has 4 heterocycles. The van der Waals surface area contributed by atoms with Gasteiger partial charge < -0.3 is 110 Å². The van der Waals surface area contributed by atoms with Gasteiger partial charge in [-0.1, -0.05) is 65.7 Å². The Balaban J connectivity index is 0.737. The number of aromatic hydroxyl groups is 1. The second-order valence-electron chi connectivity index (χ2n) is 31.4. The zero-order valence-electron chi connectivity index (χ0n) is 57.9. The van der Waals surface area contributed by atoms with Gasteiger partial charge in [0.25, 0.3) is 0 Å². The van der Waals surface area contributed by atoms with Crippen molar-refractivity contribution < 1.29 is 108 Å². The molecule has 0 radical (unpaired) electrons. The summed E-state index contributed by atoms with van der Waals surface area (Å²) in [5.74, 6) is -3.14. The van der Waals surface area contributed by atoms with Gasteiger partial charge >= 0.3 is 11.9 Å². The maximum Gasteiger partial charge on any atom is 0.336 e. The molecule has 2 aromatic rings. The number of nitrogens with one attached hydrogen (secondary N) is 3. The Labute approximate surface area is 590 Å². The number of carboxylic acid groups (broad SMARTS) is 1. The number of phenols is 1. The number of carboxylic acids is 1. The Kier molecular flexibility index (Phi) is 21.0. The normalized spacial score (nSPS) is 39.6. The quantitative estimate of drug-likeness (QED) is 0.0157. The summed E-state index contributed by atoms with van der Waals surface area (Å²) in [6.45, 7) is 13.4. The molecule has 3 saturated heterocycles. The fourth-order valence-electron chi connectivity index (χ4n) is 19.2. The van der Waals surface area contributed by atoms with Crippen LogP contribution in [0.25, 0.3) is 33.4 Å². The van der Waals surface area contributed by atoms with Crippen LogP contribution in [0.1, 0.15) is 142 Å². The first-order chi connectivity index (χ1) is 47.7. The molecule has 552 valence electrons. The number of allylic oxidation sites excluding steroid dienone is 2. The van der Waals surface area contributed by atoms with Gasteiger partial charge in [-0.25, -0.2) is 4.79 Å². The molecule has 6 aliphatic carbocycles. The number of hydrogen-bond donors (Lipinski definition) is 14. The SMILES string of the molecule is C[C@H]1O[C@@H](OC2C(O)[C@@H](NC(=O)CCCCCNC(=S)Nc3ccc(-c4c5ccc(=O)cc-5oc5cc(O)ccc45)c(C(=O)O)c3)C(CO)O[C@H]2OC(=O)[C@]23CCC(C)(C)CC2C2=CCC4C5(C)CC[C@H](O)[C@](C)(C=O)[C@@H]5CC[C@]4(C)[C@]2(C)CC3O)C(O)C(O)[C@H]1O[C@@H]1OC[C@@H](O)C(O)C1O. The third kappa shape index (κ3) is 13.2. The summed E-state index contributed by atoms with van der Waals surface area (Å²) < 4.78 is 42.6. The lowest BCUT2D eigenvalue weighted by Gasteiger charge is -2.71. The van der Waals surface area contributed by atoms with Gasteiger partial charge in [-0.2, -0.15) is 0 Å². The van der Waals surface area contributed by atoms with E-state index in [0.717, 1.165) is 18.3 Å². The van der Waals surface area contributed by atoms with Gasteiger partial charge in [0.05, 0.1) is 48.5 Å². The molecular formula is C74H97N3O23S. The number of thiocarbonyl (C=S) groups is 1. The van der Waals surface area contributed by atoms with Gasteiger partial charge in [0.1, 0.15) is 77.6 Å². The summed E-state index contributed by atoms with van der Waals surface area (Å²) in [5.41, 5.74) is -1.69. The first-order valence-electron chi connectivity index (χ1n) is 35.3. The van der Waals surface area contributed by atoms with E-state index in [2.05, 4.69) is 56.6 Å². The number of aliphatic hydroxyl groups excluding tert-OH is 9. The number of aldehydes is 1. The van der Waals surface area contributed by atoms with Crippen LogP contribution in [0.2, 0.25) is 0 Å². The van der Waals surface area contributed by atoms with Crippen molar-refractivity contribution in [3.63, 3.8) is 0 Å². The number of aliphatic hydroxyl groups is 9. The number of carbonyl (C=O) groups is 4. The van der Waals surface area contributed by atoms with Gasteiger partial charge in [0.15, 0.2) is 29.2 Å². The van der Waals surface area contributed by atoms with Crippen molar-refractivity contribution in [3.05, 3.63) is 82.0 Å². The molecule has 14 N–H and O–H groups in total. The average Bonchev–Trinajstić information content (AvgIpc) is 0.671. The van der Waals surface area contributed by atoms with Gasteiger partial charge in [-0.15, -0.1) is 0 Å². The number of fused-ring (bicyclic) bond motifs is 9. The second kappa shape index (κ2) is 28.4. The lowest BCUT2D eigenvalue weighted by Crippen LogP contribution is -2.69. The van der Waals surface area contributed by atoms with Gasteiger partial charge in [-0.3, -0.25) is 14.4 Å². The van der Waals surface area contributed by atoms with Crippen molar-refractivity contribution in [2.24, 2.45) is 50.2 Å². The number of hydrogen-bond acceptors (Lipinski definition) is 23. The minimum absolute atomic E-state index is 0.0691. The number of esters is 1. The number of phenolic OH excluding ortho intramolecular Hbond substituents is 1. The van der Waals surface area contributed by atoms with Crippen molar-refractivity contribution in [2.45, 2.75) is 230 Å². The molecule has 24 atom stereocenters. The smallest absolute Gasteiger partial charge is 0.336 e. The number of rotatable bonds is 18. The molecule has 7 fully saturated rings. The van der Waals surface area contributed by atoms with E-state index in [1.807, 2.05) is 6.92 Å². The van der Waals surface area contributed by atoms with Crippen LogP contribution in [0.5, 0.6) is 5.75 Å². The zero-order valence-corrected chi connectivity index (χ0v) is 58.7. The maximum atomic E-state index is 15.8. The van der Waals surface area contributed by atoms with Crippen LogP contribution in [0.15, 0.2) is 75.5 Å². The third-order valence-electron chi connectivity index (χ3n) is 25.1. The number of aromatic carboxylic acids is 1. The molecule has 27 heteroatoms. The van der Waals surface area contributed by atoms with Crippen molar-refractivity contribution in [1.29, 1.82) is 0 Å². The number of ether oxygens (including phenoxy) is 6. The summed E-state index contributed by atoms with van der Waals surface area (Å²) in [6, 6.07) is 11.9. The van der Waals surface area contributed by atoms with Crippen molar-refractivity contribution >= 4 is 58.1 Å². The van der Waals surface area contributed by atoms with Gasteiger partial charge in [0, 0.05) is 47.3 Å². The molecule has 26 nitrogen and oxygen atoms in total. The Morgan fingerprint density at radius 2 is 1.49 bits per heavy atom. The molecule has 2 aromatic carbocycles. The highest BCUT2D eigenvalue weighted by Gasteiger charge is 2.72. The molecule has 1 amide bonds. The molecule has 0 spiro atoms. The van der Waals surface area contributed by atoms with E-state index in [1.165, 1.54) is 37.3 Å². The number of carbonyl (C=O) groups excluding carboxylic acids is 3. The van der Waals surface area contributed by atoms with E-state index in [0.29, 0.717) is 92.1 Å². The fourth-order valence-corrected chi connectivity index (χ4v) is 19.4. The van der Waals surface area contributed by atoms with Crippen LogP contribution in [0.3, 0.4) is 0 Å². The number of unbranched alkanes of at least 4 members (excludes halogenated alkanes) is 2. The topological polar surface area (TPSA) is 412 Å². The van der Waals surface area contributed by atoms with Crippen molar-refractivity contribution in [3.8, 4) is 28.2 Å². The van der Waals surface area contributed by atoms with Crippen LogP contribution in [0.4, 0.5) is 5.69 Å². The Morgan fingerprint density at radius 3 is 2.22 bits per heavy atom. The third-order valence-corrected chi connectivity index (χ3v) is 25.3. The maximum absolute atomic E-state index is 15.8. The fraction of sp³-hybridized carbons (Fsp3) is 0.649. The lowest BCUT2D eigenvalue weighted by atomic mass is 9.33. The standard InChI is InChI=1S/C74H97N3O23S/c1-35-61(98-64-59(89)56(86)45(82)33-94-64)58(88)60(90)65(95-35)99-62-57(87)55(77-53(85)11-9-8-10-26-75-68(101)76-36-12-15-39(42(27-36)63(91)92)54-40-16-13-37(80)28-46(40)96-47-29-38(81)14-17-41(47)54)48(32-78)97-66(62)100-67(93)74-25-24-69(2,3)30-44(74)43-18-19-50-70(4)22-21-51(83)71(5,34-79)49(70)20-23-72(50,6)73(43,7)31-52(74)84/h12-18,27-29,34-35,44-45,48-52,55-62,64-66,78,80,82-84,86-90H,8-11,19-26,30-33H2,1-7H3,(H,77,85)(H,91,92)(H2,75,76,101)/t35-,44?,45-,48?,49-,50?,51+,52?,55+,56?,57?,58?,59?,60?,61+,62?,64+,65+,66+,70?,71-,72+,73-,74-/m1/s1. The van der Waals surface area contributed by atoms with Crippen molar-refractivity contribution in [2.75, 3.05) is 25.1 Å². The Hall–Kier alpha value is -6.12. The highest BCUT2D eigenvalue weighted by atomic mass is 32.1.